The second-order valence-corrected chi connectivity index (χ2v) is 7.64. The van der Waals surface area contributed by atoms with Crippen LogP contribution < -0.4 is 4.90 Å². The number of likely N-dealkylation sites (tertiary alicyclic amines) is 1. The Hall–Kier alpha value is -1.46. The normalized spacial score (nSPS) is 19.1. The quantitative estimate of drug-likeness (QED) is 0.842. The van der Waals surface area contributed by atoms with Crippen LogP contribution in [0.5, 0.6) is 0 Å². The molecule has 1 saturated heterocycles. The van der Waals surface area contributed by atoms with Gasteiger partial charge in [-0.05, 0) is 50.9 Å². The topological polar surface area (TPSA) is 36.4 Å². The minimum Gasteiger partial charge on any atom is -0.302 e. The summed E-state index contributed by atoms with van der Waals surface area (Å²) >= 11 is 1.64. The van der Waals surface area contributed by atoms with Crippen LogP contribution in [0.25, 0.3) is 10.2 Å². The Morgan fingerprint density at radius 1 is 1.22 bits per heavy atom. The van der Waals surface area contributed by atoms with Crippen LogP contribution >= 0.6 is 11.3 Å². The van der Waals surface area contributed by atoms with Gasteiger partial charge < -0.3 is 4.90 Å². The smallest absolute Gasteiger partial charge is 0.231 e. The van der Waals surface area contributed by atoms with E-state index in [0.29, 0.717) is 0 Å². The van der Waals surface area contributed by atoms with E-state index in [9.17, 15) is 4.79 Å². The molecule has 4 rings (SSSR count). The minimum atomic E-state index is 0.239. The van der Waals surface area contributed by atoms with Gasteiger partial charge in [0.2, 0.25) is 5.91 Å². The number of rotatable bonds is 5. The molecule has 2 heterocycles. The Morgan fingerprint density at radius 3 is 2.74 bits per heavy atom. The van der Waals surface area contributed by atoms with Crippen LogP contribution in [-0.4, -0.2) is 42.0 Å². The van der Waals surface area contributed by atoms with Crippen LogP contribution in [0.4, 0.5) is 5.13 Å². The van der Waals surface area contributed by atoms with Crippen LogP contribution in [0.15, 0.2) is 24.3 Å². The van der Waals surface area contributed by atoms with Gasteiger partial charge in [0.15, 0.2) is 5.13 Å². The lowest BCUT2D eigenvalue weighted by atomic mass is 10.1. The lowest BCUT2D eigenvalue weighted by Gasteiger charge is -2.29. The average Bonchev–Trinajstić information content (AvgIpc) is 3.35. The van der Waals surface area contributed by atoms with Gasteiger partial charge in [0, 0.05) is 19.0 Å². The monoisotopic (exact) mass is 329 g/mol. The predicted octanol–water partition coefficient (Wildman–Crippen LogP) is 3.53. The SMILES string of the molecule is O=C(C1CC1)N(CCN1CCCCC1)c1nc2ccccc2s1. The minimum absolute atomic E-state index is 0.239. The molecule has 2 aliphatic rings. The number of para-hydroxylation sites is 1. The van der Waals surface area contributed by atoms with Gasteiger partial charge >= 0.3 is 0 Å². The number of fused-ring (bicyclic) bond motifs is 1. The van der Waals surface area contributed by atoms with E-state index in [0.717, 1.165) is 41.3 Å². The number of hydrogen-bond donors (Lipinski definition) is 0. The molecule has 0 bridgehead atoms. The summed E-state index contributed by atoms with van der Waals surface area (Å²) in [5.41, 5.74) is 0.999. The van der Waals surface area contributed by atoms with E-state index in [1.165, 1.54) is 32.4 Å². The summed E-state index contributed by atoms with van der Waals surface area (Å²) in [5.74, 6) is 0.518. The number of aromatic nitrogens is 1. The molecule has 1 aliphatic carbocycles. The average molecular weight is 329 g/mol. The Labute approximate surface area is 141 Å². The van der Waals surface area contributed by atoms with Crippen LogP contribution in [0.1, 0.15) is 32.1 Å². The van der Waals surface area contributed by atoms with Crippen molar-refractivity contribution in [3.8, 4) is 0 Å². The second-order valence-electron chi connectivity index (χ2n) is 6.63. The molecule has 1 saturated carbocycles. The molecule has 0 spiro atoms. The van der Waals surface area contributed by atoms with E-state index in [-0.39, 0.29) is 11.8 Å². The first-order valence-electron chi connectivity index (χ1n) is 8.70. The Balaban J connectivity index is 1.53. The number of piperidine rings is 1. The van der Waals surface area contributed by atoms with Crippen molar-refractivity contribution in [3.63, 3.8) is 0 Å². The van der Waals surface area contributed by atoms with Crippen molar-refractivity contribution in [1.29, 1.82) is 0 Å². The maximum atomic E-state index is 12.7. The lowest BCUT2D eigenvalue weighted by Crippen LogP contribution is -2.41. The van der Waals surface area contributed by atoms with Crippen molar-refractivity contribution in [2.24, 2.45) is 5.92 Å². The molecule has 23 heavy (non-hydrogen) atoms. The molecular formula is C18H23N3OS. The Bertz CT molecular complexity index is 655. The van der Waals surface area contributed by atoms with E-state index in [2.05, 4.69) is 11.0 Å². The molecule has 0 unspecified atom stereocenters. The number of carbonyl (C=O) groups excluding carboxylic acids is 1. The third-order valence-corrected chi connectivity index (χ3v) is 5.85. The van der Waals surface area contributed by atoms with Crippen molar-refractivity contribution in [2.75, 3.05) is 31.1 Å². The summed E-state index contributed by atoms with van der Waals surface area (Å²) in [6, 6.07) is 8.15. The van der Waals surface area contributed by atoms with E-state index >= 15 is 0 Å². The van der Waals surface area contributed by atoms with Crippen LogP contribution in [-0.2, 0) is 4.79 Å². The molecule has 4 nitrogen and oxygen atoms in total. The summed E-state index contributed by atoms with van der Waals surface area (Å²) < 4.78 is 1.16. The summed E-state index contributed by atoms with van der Waals surface area (Å²) in [6.45, 7) is 4.08. The number of carbonyl (C=O) groups is 1. The van der Waals surface area contributed by atoms with E-state index in [1.54, 1.807) is 11.3 Å². The van der Waals surface area contributed by atoms with Crippen molar-refractivity contribution < 1.29 is 4.79 Å². The molecule has 1 aromatic heterocycles. The third-order valence-electron chi connectivity index (χ3n) is 4.79. The van der Waals surface area contributed by atoms with Gasteiger partial charge in [-0.25, -0.2) is 4.98 Å². The second kappa shape index (κ2) is 6.57. The van der Waals surface area contributed by atoms with Crippen molar-refractivity contribution in [2.45, 2.75) is 32.1 Å². The number of benzene rings is 1. The Kier molecular flexibility index (Phi) is 4.31. The highest BCUT2D eigenvalue weighted by Gasteiger charge is 2.35. The van der Waals surface area contributed by atoms with Crippen molar-refractivity contribution in [1.82, 2.24) is 9.88 Å². The van der Waals surface area contributed by atoms with Crippen molar-refractivity contribution in [3.05, 3.63) is 24.3 Å². The molecule has 0 atom stereocenters. The number of thiazole rings is 1. The molecule has 2 aromatic rings. The van der Waals surface area contributed by atoms with Gasteiger partial charge in [0.05, 0.1) is 10.2 Å². The molecule has 1 amide bonds. The van der Waals surface area contributed by atoms with E-state index in [1.807, 2.05) is 23.1 Å². The van der Waals surface area contributed by atoms with Gasteiger partial charge in [-0.2, -0.15) is 0 Å². The third kappa shape index (κ3) is 3.40. The van der Waals surface area contributed by atoms with Crippen LogP contribution in [0, 0.1) is 5.92 Å². The number of nitrogens with zero attached hydrogens (tertiary/aromatic N) is 3. The molecular weight excluding hydrogens is 306 g/mol. The fraction of sp³-hybridized carbons (Fsp3) is 0.556. The molecule has 2 fully saturated rings. The first kappa shape index (κ1) is 15.1. The summed E-state index contributed by atoms with van der Waals surface area (Å²) in [6.07, 6.45) is 6.02. The zero-order valence-electron chi connectivity index (χ0n) is 13.4. The van der Waals surface area contributed by atoms with Gasteiger partial charge in [-0.15, -0.1) is 0 Å². The van der Waals surface area contributed by atoms with E-state index < -0.39 is 0 Å². The molecule has 122 valence electrons. The highest BCUT2D eigenvalue weighted by molar-refractivity contribution is 7.22. The van der Waals surface area contributed by atoms with Gasteiger partial charge in [-0.1, -0.05) is 29.9 Å². The first-order valence-corrected chi connectivity index (χ1v) is 9.52. The maximum Gasteiger partial charge on any atom is 0.231 e. The zero-order valence-corrected chi connectivity index (χ0v) is 14.2. The molecule has 1 aromatic carbocycles. The highest BCUT2D eigenvalue weighted by Crippen LogP contribution is 2.35. The zero-order chi connectivity index (χ0) is 15.6. The molecule has 5 heteroatoms. The largest absolute Gasteiger partial charge is 0.302 e. The summed E-state index contributed by atoms with van der Waals surface area (Å²) in [7, 11) is 0. The molecule has 0 radical (unpaired) electrons. The maximum absolute atomic E-state index is 12.7. The standard InChI is InChI=1S/C18H23N3OS/c22-17(14-8-9-14)21(13-12-20-10-4-1-5-11-20)18-19-15-6-2-3-7-16(15)23-18/h2-3,6-7,14H,1,4-5,8-13H2. The van der Waals surface area contributed by atoms with Gasteiger partial charge in [0.25, 0.3) is 0 Å². The van der Waals surface area contributed by atoms with Crippen LogP contribution in [0.3, 0.4) is 0 Å². The van der Waals surface area contributed by atoms with Crippen molar-refractivity contribution >= 4 is 32.6 Å². The predicted molar refractivity (Wildman–Crippen MR) is 95.0 cm³/mol. The van der Waals surface area contributed by atoms with Gasteiger partial charge in [0.1, 0.15) is 0 Å². The fourth-order valence-corrected chi connectivity index (χ4v) is 4.25. The lowest BCUT2D eigenvalue weighted by molar-refractivity contribution is -0.119. The summed E-state index contributed by atoms with van der Waals surface area (Å²) in [4.78, 5) is 21.9. The van der Waals surface area contributed by atoms with Crippen LogP contribution in [0.2, 0.25) is 0 Å². The van der Waals surface area contributed by atoms with E-state index in [4.69, 9.17) is 4.98 Å². The van der Waals surface area contributed by atoms with Gasteiger partial charge in [-0.3, -0.25) is 9.69 Å². The number of anilines is 1. The molecule has 1 aliphatic heterocycles. The number of amides is 1. The molecule has 0 N–H and O–H groups in total. The number of hydrogen-bond acceptors (Lipinski definition) is 4. The summed E-state index contributed by atoms with van der Waals surface area (Å²) in [5, 5.41) is 0.875. The first-order chi connectivity index (χ1) is 11.3. The highest BCUT2D eigenvalue weighted by atomic mass is 32.1. The fourth-order valence-electron chi connectivity index (χ4n) is 3.25. The Morgan fingerprint density at radius 2 is 2.00 bits per heavy atom.